The van der Waals surface area contributed by atoms with Gasteiger partial charge in [-0.1, -0.05) is 35.9 Å². The number of amides is 3. The van der Waals surface area contributed by atoms with Crippen molar-refractivity contribution in [1.82, 2.24) is 14.9 Å². The second-order valence-electron chi connectivity index (χ2n) is 9.08. The van der Waals surface area contributed by atoms with E-state index >= 15 is 0 Å². The summed E-state index contributed by atoms with van der Waals surface area (Å²) in [5, 5.41) is 14.8. The summed E-state index contributed by atoms with van der Waals surface area (Å²) in [6, 6.07) is 11.8. The van der Waals surface area contributed by atoms with Crippen molar-refractivity contribution in [3.05, 3.63) is 77.2 Å². The number of halogens is 1. The number of nitrogens with zero attached hydrogens (tertiary/aromatic N) is 2. The van der Waals surface area contributed by atoms with Gasteiger partial charge < -0.3 is 20.1 Å². The summed E-state index contributed by atoms with van der Waals surface area (Å²) in [7, 11) is 0. The zero-order valence-electron chi connectivity index (χ0n) is 20.3. The first-order valence-corrected chi connectivity index (χ1v) is 12.6. The second-order valence-corrected chi connectivity index (χ2v) is 9.52. The quantitative estimate of drug-likeness (QED) is 0.298. The molecule has 38 heavy (non-hydrogen) atoms. The molecule has 3 aromatic rings. The highest BCUT2D eigenvalue weighted by Gasteiger charge is 2.35. The lowest BCUT2D eigenvalue weighted by molar-refractivity contribution is -0.116. The number of hydrogen-bond acceptors (Lipinski definition) is 5. The molecule has 2 aliphatic heterocycles. The fourth-order valence-electron chi connectivity index (χ4n) is 4.69. The minimum atomic E-state index is -1.21. The van der Waals surface area contributed by atoms with Gasteiger partial charge in [0, 0.05) is 41.9 Å². The van der Waals surface area contributed by atoms with Crippen LogP contribution in [0.5, 0.6) is 0 Å². The molecular formula is C27H26ClN5O5. The number of aromatic nitrogens is 2. The Morgan fingerprint density at radius 1 is 1.18 bits per heavy atom. The van der Waals surface area contributed by atoms with Gasteiger partial charge in [0.25, 0.3) is 0 Å². The van der Waals surface area contributed by atoms with E-state index in [0.717, 1.165) is 5.56 Å². The van der Waals surface area contributed by atoms with E-state index in [0.29, 0.717) is 59.3 Å². The number of anilines is 2. The molecular weight excluding hydrogens is 510 g/mol. The molecule has 2 aliphatic rings. The third-order valence-electron chi connectivity index (χ3n) is 6.50. The van der Waals surface area contributed by atoms with Gasteiger partial charge in [0.15, 0.2) is 0 Å². The first-order valence-electron chi connectivity index (χ1n) is 12.2. The number of allylic oxidation sites excluding steroid dienone is 1. The molecule has 2 bridgehead atoms. The maximum absolute atomic E-state index is 13.2. The van der Waals surface area contributed by atoms with Gasteiger partial charge in [0.05, 0.1) is 17.4 Å². The molecule has 3 amide bonds. The zero-order chi connectivity index (χ0) is 26.6. The van der Waals surface area contributed by atoms with Crippen molar-refractivity contribution in [2.24, 2.45) is 0 Å². The van der Waals surface area contributed by atoms with E-state index < -0.39 is 18.2 Å². The van der Waals surface area contributed by atoms with Crippen LogP contribution < -0.4 is 10.6 Å². The fraction of sp³-hybridized carbons (Fsp3) is 0.259. The number of nitrogens with one attached hydrogen (secondary N) is 3. The number of H-pyrrole nitrogens is 1. The number of ether oxygens (including phenoxy) is 1. The third kappa shape index (κ3) is 5.65. The normalized spacial score (nSPS) is 20.6. The Bertz CT molecular complexity index is 1400. The molecule has 0 saturated carbocycles. The van der Waals surface area contributed by atoms with Crippen LogP contribution in [-0.4, -0.2) is 44.6 Å². The van der Waals surface area contributed by atoms with Crippen LogP contribution in [0.4, 0.5) is 21.0 Å². The summed E-state index contributed by atoms with van der Waals surface area (Å²) < 4.78 is 5.80. The minimum Gasteiger partial charge on any atom is -0.465 e. The number of benzene rings is 2. The van der Waals surface area contributed by atoms with Crippen LogP contribution in [0.3, 0.4) is 0 Å². The molecule has 1 aromatic heterocycles. The average molecular weight is 536 g/mol. The first-order chi connectivity index (χ1) is 18.4. The fourth-order valence-corrected chi connectivity index (χ4v) is 4.89. The zero-order valence-corrected chi connectivity index (χ0v) is 21.1. The van der Waals surface area contributed by atoms with Crippen molar-refractivity contribution in [2.45, 2.75) is 37.8 Å². The number of hydrogen-bond donors (Lipinski definition) is 4. The monoisotopic (exact) mass is 535 g/mol. The molecule has 196 valence electrons. The van der Waals surface area contributed by atoms with Gasteiger partial charge in [-0.2, -0.15) is 0 Å². The molecule has 3 heterocycles. The number of carbonyl (C=O) groups is 3. The highest BCUT2D eigenvalue weighted by Crippen LogP contribution is 2.36. The van der Waals surface area contributed by atoms with Gasteiger partial charge in [0.1, 0.15) is 11.9 Å². The van der Waals surface area contributed by atoms with Gasteiger partial charge in [-0.25, -0.2) is 14.6 Å². The summed E-state index contributed by atoms with van der Waals surface area (Å²) >= 11 is 6.12. The predicted molar refractivity (Wildman–Crippen MR) is 142 cm³/mol. The van der Waals surface area contributed by atoms with Crippen molar-refractivity contribution in [1.29, 1.82) is 0 Å². The minimum absolute atomic E-state index is 0.207. The second kappa shape index (κ2) is 11.0. The molecule has 11 heteroatoms. The van der Waals surface area contributed by atoms with Crippen molar-refractivity contribution >= 4 is 41.1 Å². The smallest absolute Gasteiger partial charge is 0.411 e. The van der Waals surface area contributed by atoms with Crippen molar-refractivity contribution < 1.29 is 24.2 Å². The van der Waals surface area contributed by atoms with Crippen LogP contribution in [-0.2, 0) is 9.53 Å². The number of cyclic esters (lactones) is 1. The predicted octanol–water partition coefficient (Wildman–Crippen LogP) is 6.12. The van der Waals surface area contributed by atoms with Gasteiger partial charge in [-0.15, -0.1) is 0 Å². The Morgan fingerprint density at radius 2 is 2.05 bits per heavy atom. The largest absolute Gasteiger partial charge is 0.465 e. The topological polar surface area (TPSA) is 137 Å². The van der Waals surface area contributed by atoms with Crippen LogP contribution in [0, 0.1) is 0 Å². The van der Waals surface area contributed by atoms with E-state index in [1.807, 2.05) is 24.3 Å². The average Bonchev–Trinajstić information content (AvgIpc) is 3.36. The summed E-state index contributed by atoms with van der Waals surface area (Å²) in [6.07, 6.45) is 5.35. The molecule has 1 fully saturated rings. The van der Waals surface area contributed by atoms with E-state index in [1.54, 1.807) is 41.4 Å². The Morgan fingerprint density at radius 3 is 2.84 bits per heavy atom. The lowest BCUT2D eigenvalue weighted by atomic mass is 10.0. The number of rotatable bonds is 3. The Balaban J connectivity index is 1.44. The van der Waals surface area contributed by atoms with Crippen LogP contribution in [0.2, 0.25) is 5.02 Å². The molecule has 0 radical (unpaired) electrons. The van der Waals surface area contributed by atoms with Crippen molar-refractivity contribution in [3.63, 3.8) is 0 Å². The third-order valence-corrected chi connectivity index (χ3v) is 6.74. The van der Waals surface area contributed by atoms with Gasteiger partial charge >= 0.3 is 12.2 Å². The van der Waals surface area contributed by atoms with E-state index in [1.165, 1.54) is 0 Å². The molecule has 5 rings (SSSR count). The summed E-state index contributed by atoms with van der Waals surface area (Å²) in [4.78, 5) is 46.5. The van der Waals surface area contributed by atoms with Crippen molar-refractivity contribution in [3.8, 4) is 11.3 Å². The molecule has 0 unspecified atom stereocenters. The van der Waals surface area contributed by atoms with Gasteiger partial charge in [-0.3, -0.25) is 15.0 Å². The van der Waals surface area contributed by atoms with Crippen LogP contribution >= 0.6 is 11.6 Å². The standard InChI is InChI=1S/C27H26ClN5O5/c28-17-6-4-5-16(13-17)23-11-12-33(27(37)38-23)22-7-2-1-3-8-24(34)31-20-14-18(30-26(35)36)9-10-19(20)21-15-29-25(22)32-21/h1-2,4-6,9-10,13-15,22-23,30H,3,7-8,11-12H2,(H,29,32)(H,31,34)(H,35,36)/b2-1+/t22-,23-/m0/s1. The number of imidazole rings is 1. The first kappa shape index (κ1) is 25.3. The maximum Gasteiger partial charge on any atom is 0.411 e. The lowest BCUT2D eigenvalue weighted by Gasteiger charge is -2.36. The summed E-state index contributed by atoms with van der Waals surface area (Å²) in [5.74, 6) is 0.369. The molecule has 2 atom stereocenters. The Labute approximate surface area is 223 Å². The lowest BCUT2D eigenvalue weighted by Crippen LogP contribution is -2.41. The van der Waals surface area contributed by atoms with Gasteiger partial charge in [0.2, 0.25) is 5.91 Å². The van der Waals surface area contributed by atoms with E-state index in [-0.39, 0.29) is 18.4 Å². The summed E-state index contributed by atoms with van der Waals surface area (Å²) in [6.45, 7) is 0.464. The number of aromatic amines is 1. The van der Waals surface area contributed by atoms with Crippen LogP contribution in [0.15, 0.2) is 60.8 Å². The number of fused-ring (bicyclic) bond motifs is 4. The number of carbonyl (C=O) groups excluding carboxylic acids is 2. The molecule has 0 aliphatic carbocycles. The van der Waals surface area contributed by atoms with Crippen molar-refractivity contribution in [2.75, 3.05) is 17.2 Å². The summed E-state index contributed by atoms with van der Waals surface area (Å²) in [5.41, 5.74) is 2.77. The van der Waals surface area contributed by atoms with Crippen LogP contribution in [0.25, 0.3) is 11.3 Å². The van der Waals surface area contributed by atoms with E-state index in [9.17, 15) is 14.4 Å². The molecule has 4 N–H and O–H groups in total. The highest BCUT2D eigenvalue weighted by atomic mass is 35.5. The molecule has 1 saturated heterocycles. The van der Waals surface area contributed by atoms with Crippen LogP contribution in [0.1, 0.15) is 49.2 Å². The SMILES string of the molecule is O=C(O)Nc1ccc2c(c1)NC(=O)CC/C=C/C[C@H](N1CC[C@@H](c3cccc(Cl)c3)OC1=O)c1nc-2c[nH]1. The molecule has 10 nitrogen and oxygen atoms in total. The molecule has 0 spiro atoms. The van der Waals surface area contributed by atoms with Gasteiger partial charge in [-0.05, 0) is 48.7 Å². The van der Waals surface area contributed by atoms with E-state index in [4.69, 9.17) is 26.4 Å². The molecule has 2 aromatic carbocycles. The number of carboxylic acid groups (broad SMARTS) is 1. The van der Waals surface area contributed by atoms with E-state index in [2.05, 4.69) is 15.6 Å². The Kier molecular flexibility index (Phi) is 7.32. The maximum atomic E-state index is 13.2. The highest BCUT2D eigenvalue weighted by molar-refractivity contribution is 6.30. The Hall–Kier alpha value is -4.31.